The second kappa shape index (κ2) is 15.5. The van der Waals surface area contributed by atoms with Gasteiger partial charge in [0, 0.05) is 27.7 Å². The second-order valence-electron chi connectivity index (χ2n) is 17.2. The monoisotopic (exact) mass is 839 g/mol. The lowest BCUT2D eigenvalue weighted by Gasteiger charge is -2.28. The van der Waals surface area contributed by atoms with Gasteiger partial charge in [-0.2, -0.15) is 0 Å². The molecule has 0 aliphatic heterocycles. The molecule has 0 atom stereocenters. The van der Waals surface area contributed by atoms with Gasteiger partial charge in [0.15, 0.2) is 0 Å². The molecule has 13 rings (SSSR count). The van der Waals surface area contributed by atoms with Crippen molar-refractivity contribution in [2.75, 3.05) is 4.90 Å². The Morgan fingerprint density at radius 2 is 0.727 bits per heavy atom. The molecule has 2 nitrogen and oxygen atoms in total. The van der Waals surface area contributed by atoms with Gasteiger partial charge in [0.25, 0.3) is 0 Å². The highest BCUT2D eigenvalue weighted by Crippen LogP contribution is 2.44. The van der Waals surface area contributed by atoms with Gasteiger partial charge in [0.1, 0.15) is 11.2 Å². The van der Waals surface area contributed by atoms with Crippen LogP contribution in [-0.2, 0) is 0 Å². The minimum absolute atomic E-state index is 0.897. The number of hydrogen-bond donors (Lipinski definition) is 0. The first kappa shape index (κ1) is 37.8. The summed E-state index contributed by atoms with van der Waals surface area (Å²) in [6, 6.07) is 90.3. The molecule has 0 unspecified atom stereocenters. The van der Waals surface area contributed by atoms with E-state index < -0.39 is 0 Å². The van der Waals surface area contributed by atoms with Gasteiger partial charge in [-0.3, -0.25) is 0 Å². The maximum Gasteiger partial charge on any atom is 0.136 e. The lowest BCUT2D eigenvalue weighted by atomic mass is 9.95. The zero-order chi connectivity index (χ0) is 43.6. The number of hydrogen-bond acceptors (Lipinski definition) is 2. The number of anilines is 3. The molecular weight excluding hydrogens is 799 g/mol. The van der Waals surface area contributed by atoms with E-state index in [1.54, 1.807) is 0 Å². The summed E-state index contributed by atoms with van der Waals surface area (Å²) in [6.45, 7) is 0. The van der Waals surface area contributed by atoms with E-state index in [1.165, 1.54) is 70.9 Å². The predicted octanol–water partition coefficient (Wildman–Crippen LogP) is 18.3. The van der Waals surface area contributed by atoms with Gasteiger partial charge in [-0.15, -0.1) is 0 Å². The summed E-state index contributed by atoms with van der Waals surface area (Å²) >= 11 is 0. The molecule has 13 aromatic rings. The van der Waals surface area contributed by atoms with Crippen LogP contribution in [0.1, 0.15) is 0 Å². The predicted molar refractivity (Wildman–Crippen MR) is 280 cm³/mol. The van der Waals surface area contributed by atoms with Crippen molar-refractivity contribution in [3.05, 3.63) is 249 Å². The minimum atomic E-state index is 0.897. The Kier molecular flexibility index (Phi) is 8.89. The van der Waals surface area contributed by atoms with Crippen LogP contribution in [0.25, 0.3) is 110 Å². The third kappa shape index (κ3) is 6.42. The Balaban J connectivity index is 0.890. The molecule has 0 radical (unpaired) electrons. The third-order valence-corrected chi connectivity index (χ3v) is 13.5. The topological polar surface area (TPSA) is 16.4 Å². The van der Waals surface area contributed by atoms with Crippen LogP contribution in [0.5, 0.6) is 0 Å². The Labute approximate surface area is 382 Å². The Hall–Kier alpha value is -8.72. The van der Waals surface area contributed by atoms with Gasteiger partial charge in [-0.1, -0.05) is 194 Å². The van der Waals surface area contributed by atoms with E-state index in [-0.39, 0.29) is 0 Å². The maximum atomic E-state index is 6.28. The summed E-state index contributed by atoms with van der Waals surface area (Å²) in [6.07, 6.45) is 0. The van der Waals surface area contributed by atoms with Crippen LogP contribution in [0.3, 0.4) is 0 Å². The Bertz CT molecular complexity index is 3970. The van der Waals surface area contributed by atoms with Crippen molar-refractivity contribution < 1.29 is 4.42 Å². The standard InChI is InChI=1S/C64H41NO/c1-3-12-54-45(10-1)27-29-50-40-51(34-39-56(50)54)57-14-5-7-17-61(57)65(53-37-32-47(33-38-53)58-16-9-19-63-64(58)59-15-6-8-18-62(59)66-63)52-35-30-43(31-36-52)42-20-22-44(23-21-42)49-28-26-48-25-24-46-11-2-4-13-55(46)60(48)41-49/h1-41H. The molecule has 308 valence electrons. The van der Waals surface area contributed by atoms with Crippen LogP contribution in [0, 0.1) is 0 Å². The molecule has 0 bridgehead atoms. The van der Waals surface area contributed by atoms with E-state index in [1.807, 2.05) is 12.1 Å². The molecule has 12 aromatic carbocycles. The van der Waals surface area contributed by atoms with Crippen molar-refractivity contribution in [3.63, 3.8) is 0 Å². The second-order valence-corrected chi connectivity index (χ2v) is 17.2. The molecule has 0 aliphatic rings. The van der Waals surface area contributed by atoms with E-state index in [0.29, 0.717) is 0 Å². The molecule has 0 fully saturated rings. The zero-order valence-corrected chi connectivity index (χ0v) is 36.0. The van der Waals surface area contributed by atoms with Gasteiger partial charge in [0.05, 0.1) is 5.69 Å². The molecule has 1 aromatic heterocycles. The van der Waals surface area contributed by atoms with Gasteiger partial charge in [-0.25, -0.2) is 0 Å². The van der Waals surface area contributed by atoms with E-state index >= 15 is 0 Å². The van der Waals surface area contributed by atoms with Crippen molar-refractivity contribution >= 4 is 82.1 Å². The van der Waals surface area contributed by atoms with Crippen LogP contribution in [0.2, 0.25) is 0 Å². The summed E-state index contributed by atoms with van der Waals surface area (Å²) < 4.78 is 6.28. The summed E-state index contributed by atoms with van der Waals surface area (Å²) in [5, 5.41) is 12.4. The highest BCUT2D eigenvalue weighted by atomic mass is 16.3. The normalized spacial score (nSPS) is 11.6. The van der Waals surface area contributed by atoms with E-state index in [0.717, 1.165) is 55.7 Å². The fraction of sp³-hybridized carbons (Fsp3) is 0. The molecule has 2 heteroatoms. The molecule has 0 saturated carbocycles. The highest BCUT2D eigenvalue weighted by Gasteiger charge is 2.19. The van der Waals surface area contributed by atoms with Crippen LogP contribution < -0.4 is 4.90 Å². The summed E-state index contributed by atoms with van der Waals surface area (Å²) in [5.74, 6) is 0. The van der Waals surface area contributed by atoms with Crippen molar-refractivity contribution in [1.82, 2.24) is 0 Å². The lowest BCUT2D eigenvalue weighted by Crippen LogP contribution is -2.11. The summed E-state index contributed by atoms with van der Waals surface area (Å²) in [4.78, 5) is 2.40. The highest BCUT2D eigenvalue weighted by molar-refractivity contribution is 6.13. The molecule has 1 heterocycles. The SMILES string of the molecule is c1ccc(N(c2ccc(-c3ccc(-c4ccc5ccc6ccccc6c5c4)cc3)cc2)c2ccc(-c3cccc4oc5ccccc5c34)cc2)c(-c2ccc3c(ccc4ccccc43)c2)c1. The zero-order valence-electron chi connectivity index (χ0n) is 36.0. The number of furan rings is 1. The first-order valence-corrected chi connectivity index (χ1v) is 22.6. The molecule has 0 N–H and O–H groups in total. The molecule has 0 spiro atoms. The minimum Gasteiger partial charge on any atom is -0.456 e. The lowest BCUT2D eigenvalue weighted by molar-refractivity contribution is 0.669. The van der Waals surface area contributed by atoms with Crippen molar-refractivity contribution in [3.8, 4) is 44.5 Å². The average molecular weight is 840 g/mol. The van der Waals surface area contributed by atoms with Gasteiger partial charge >= 0.3 is 0 Å². The van der Waals surface area contributed by atoms with Crippen molar-refractivity contribution in [2.45, 2.75) is 0 Å². The van der Waals surface area contributed by atoms with Crippen LogP contribution in [-0.4, -0.2) is 0 Å². The van der Waals surface area contributed by atoms with Gasteiger partial charge in [0.2, 0.25) is 0 Å². The number of para-hydroxylation sites is 2. The molecular formula is C64H41NO. The van der Waals surface area contributed by atoms with E-state index in [4.69, 9.17) is 4.42 Å². The number of rotatable bonds is 7. The number of fused-ring (bicyclic) bond motifs is 9. The first-order valence-electron chi connectivity index (χ1n) is 22.6. The fourth-order valence-electron chi connectivity index (χ4n) is 10.2. The van der Waals surface area contributed by atoms with Crippen molar-refractivity contribution in [1.29, 1.82) is 0 Å². The number of nitrogens with zero attached hydrogens (tertiary/aromatic N) is 1. The summed E-state index contributed by atoms with van der Waals surface area (Å²) in [7, 11) is 0. The molecule has 66 heavy (non-hydrogen) atoms. The van der Waals surface area contributed by atoms with E-state index in [2.05, 4.69) is 241 Å². The van der Waals surface area contributed by atoms with Crippen LogP contribution in [0.4, 0.5) is 17.1 Å². The Morgan fingerprint density at radius 3 is 1.45 bits per heavy atom. The summed E-state index contributed by atoms with van der Waals surface area (Å²) in [5.41, 5.74) is 14.4. The Morgan fingerprint density at radius 1 is 0.258 bits per heavy atom. The molecule has 0 amide bonds. The fourth-order valence-corrected chi connectivity index (χ4v) is 10.2. The van der Waals surface area contributed by atoms with E-state index in [9.17, 15) is 0 Å². The van der Waals surface area contributed by atoms with Crippen LogP contribution >= 0.6 is 0 Å². The van der Waals surface area contributed by atoms with Crippen LogP contribution in [0.15, 0.2) is 253 Å². The first-order chi connectivity index (χ1) is 32.7. The largest absolute Gasteiger partial charge is 0.456 e. The smallest absolute Gasteiger partial charge is 0.136 e. The van der Waals surface area contributed by atoms with Gasteiger partial charge < -0.3 is 9.32 Å². The third-order valence-electron chi connectivity index (χ3n) is 13.5. The molecule has 0 aliphatic carbocycles. The quantitative estimate of drug-likeness (QED) is 0.149. The number of benzene rings is 12. The van der Waals surface area contributed by atoms with Crippen molar-refractivity contribution in [2.24, 2.45) is 0 Å². The maximum absolute atomic E-state index is 6.28. The molecule has 0 saturated heterocycles. The van der Waals surface area contributed by atoms with Gasteiger partial charge in [-0.05, 0) is 137 Å². The average Bonchev–Trinajstić information content (AvgIpc) is 3.78.